The predicted octanol–water partition coefficient (Wildman–Crippen LogP) is 6.50. The lowest BCUT2D eigenvalue weighted by atomic mass is 10.0. The van der Waals surface area contributed by atoms with Crippen LogP contribution in [0.4, 0.5) is 21.6 Å². The van der Waals surface area contributed by atoms with Crippen LogP contribution in [0.3, 0.4) is 0 Å². The van der Waals surface area contributed by atoms with E-state index in [0.717, 1.165) is 11.4 Å². The van der Waals surface area contributed by atoms with Gasteiger partial charge in [-0.2, -0.15) is 0 Å². The molecule has 12 heteroatoms. The SMILES string of the molecule is C=CC(=O)N1C2CCC[C@@H]1CC2.COc1cc2ncnc(Nc3ccc(Oc4ccn(-c5ccc(C)nc5)n4)cc3F)c2cc1N. The molecule has 2 bridgehead atoms. The molecule has 0 spiro atoms. The van der Waals surface area contributed by atoms with E-state index < -0.39 is 5.82 Å². The topological polar surface area (TPSA) is 133 Å². The minimum absolute atomic E-state index is 0.141. The Morgan fingerprint density at radius 2 is 1.87 bits per heavy atom. The zero-order valence-corrected chi connectivity index (χ0v) is 25.7. The molecule has 0 saturated carbocycles. The van der Waals surface area contributed by atoms with Gasteiger partial charge in [-0.25, -0.2) is 19.0 Å². The second-order valence-corrected chi connectivity index (χ2v) is 11.2. The van der Waals surface area contributed by atoms with Crippen LogP contribution in [0, 0.1) is 12.7 Å². The smallest absolute Gasteiger partial charge is 0.246 e. The Morgan fingerprint density at radius 1 is 1.07 bits per heavy atom. The number of anilines is 3. The normalized spacial score (nSPS) is 16.8. The zero-order chi connectivity index (χ0) is 32.2. The van der Waals surface area contributed by atoms with Gasteiger partial charge in [0, 0.05) is 47.6 Å². The number of carbonyl (C=O) groups is 1. The van der Waals surface area contributed by atoms with Gasteiger partial charge in [-0.05, 0) is 75.4 Å². The summed E-state index contributed by atoms with van der Waals surface area (Å²) in [6.07, 6.45) is 12.4. The first-order valence-electron chi connectivity index (χ1n) is 15.1. The highest BCUT2D eigenvalue weighted by Gasteiger charge is 2.38. The summed E-state index contributed by atoms with van der Waals surface area (Å²) in [5, 5.41) is 7.99. The van der Waals surface area contributed by atoms with E-state index in [1.165, 1.54) is 57.7 Å². The fourth-order valence-electron chi connectivity index (χ4n) is 5.97. The molecule has 2 saturated heterocycles. The molecule has 2 atom stereocenters. The molecule has 2 fully saturated rings. The van der Waals surface area contributed by atoms with Crippen molar-refractivity contribution < 1.29 is 18.7 Å². The molecule has 3 N–H and O–H groups in total. The molecule has 5 aromatic rings. The molecule has 3 aromatic heterocycles. The predicted molar refractivity (Wildman–Crippen MR) is 174 cm³/mol. The number of aromatic nitrogens is 5. The summed E-state index contributed by atoms with van der Waals surface area (Å²) in [5.74, 6) is 1.17. The Bertz CT molecular complexity index is 1860. The number of piperidine rings is 1. The van der Waals surface area contributed by atoms with Crippen molar-refractivity contribution in [3.63, 3.8) is 0 Å². The minimum Gasteiger partial charge on any atom is -0.495 e. The molecule has 1 amide bonds. The molecule has 1 unspecified atom stereocenters. The van der Waals surface area contributed by atoms with Crippen LogP contribution in [0.5, 0.6) is 17.4 Å². The number of carbonyl (C=O) groups excluding carboxylic acids is 1. The molecule has 5 heterocycles. The number of benzene rings is 2. The van der Waals surface area contributed by atoms with E-state index >= 15 is 0 Å². The van der Waals surface area contributed by atoms with E-state index in [-0.39, 0.29) is 11.6 Å². The molecule has 11 nitrogen and oxygen atoms in total. The maximum atomic E-state index is 14.9. The molecule has 2 aliphatic rings. The number of nitrogens with two attached hydrogens (primary N) is 1. The van der Waals surface area contributed by atoms with Crippen molar-refractivity contribution in [2.45, 2.75) is 51.1 Å². The zero-order valence-electron chi connectivity index (χ0n) is 25.7. The van der Waals surface area contributed by atoms with Gasteiger partial charge in [0.25, 0.3) is 0 Å². The summed E-state index contributed by atoms with van der Waals surface area (Å²) >= 11 is 0. The lowest BCUT2D eigenvalue weighted by Gasteiger charge is -2.33. The molecular weight excluding hydrogens is 587 g/mol. The molecule has 0 radical (unpaired) electrons. The fraction of sp³-hybridized carbons (Fsp3) is 0.265. The van der Waals surface area contributed by atoms with Crippen molar-refractivity contribution in [2.75, 3.05) is 18.2 Å². The van der Waals surface area contributed by atoms with Crippen LogP contribution < -0.4 is 20.5 Å². The van der Waals surface area contributed by atoms with Gasteiger partial charge in [0.2, 0.25) is 11.8 Å². The van der Waals surface area contributed by atoms with Crippen molar-refractivity contribution >= 4 is 34.0 Å². The first-order valence-corrected chi connectivity index (χ1v) is 15.1. The molecule has 7 rings (SSSR count). The quantitative estimate of drug-likeness (QED) is 0.154. The third kappa shape index (κ3) is 6.46. The standard InChI is InChI=1S/C24H20FN7O2.C10H15NO/c1-14-3-4-15(12-27-14)32-8-7-23(31-32)34-16-5-6-20(18(25)9-16)30-24-17-10-19(26)22(33-2)11-21(17)28-13-29-24;1-2-10(12)11-8-4-3-5-9(11)7-6-8/h3-13H,26H2,1-2H3,(H,28,29,30);2,8-9H,1,3-7H2/t;8-,9?/m.1/s1. The lowest BCUT2D eigenvalue weighted by molar-refractivity contribution is -0.130. The van der Waals surface area contributed by atoms with Gasteiger partial charge in [0.1, 0.15) is 29.5 Å². The first kappa shape index (κ1) is 30.5. The van der Waals surface area contributed by atoms with Crippen molar-refractivity contribution in [3.8, 4) is 23.1 Å². The number of halogens is 1. The maximum absolute atomic E-state index is 14.9. The largest absolute Gasteiger partial charge is 0.495 e. The summed E-state index contributed by atoms with van der Waals surface area (Å²) < 4.78 is 27.5. The number of nitrogens with one attached hydrogen (secondary N) is 1. The van der Waals surface area contributed by atoms with E-state index in [2.05, 4.69) is 36.8 Å². The first-order chi connectivity index (χ1) is 22.3. The van der Waals surface area contributed by atoms with Crippen LogP contribution >= 0.6 is 0 Å². The number of hydrogen-bond acceptors (Lipinski definition) is 9. The number of amides is 1. The molecular formula is C34H35FN8O3. The summed E-state index contributed by atoms with van der Waals surface area (Å²) in [5.41, 5.74) is 8.99. The number of rotatable bonds is 7. The van der Waals surface area contributed by atoms with E-state index in [0.29, 0.717) is 51.9 Å². The second kappa shape index (κ2) is 13.2. The number of aryl methyl sites for hydroxylation is 1. The molecule has 2 aromatic carbocycles. The number of nitrogen functional groups attached to an aromatic ring is 1. The highest BCUT2D eigenvalue weighted by molar-refractivity contribution is 5.94. The van der Waals surface area contributed by atoms with E-state index in [4.69, 9.17) is 15.2 Å². The summed E-state index contributed by atoms with van der Waals surface area (Å²) in [6, 6.07) is 14.4. The Kier molecular flexibility index (Phi) is 8.77. The second-order valence-electron chi connectivity index (χ2n) is 11.2. The number of nitrogens with zero attached hydrogens (tertiary/aromatic N) is 6. The van der Waals surface area contributed by atoms with Crippen molar-refractivity contribution in [1.82, 2.24) is 29.6 Å². The Balaban J connectivity index is 0.000000259. The van der Waals surface area contributed by atoms with Gasteiger partial charge < -0.3 is 25.4 Å². The van der Waals surface area contributed by atoms with Gasteiger partial charge in [0.15, 0.2) is 0 Å². The monoisotopic (exact) mass is 622 g/mol. The lowest BCUT2D eigenvalue weighted by Crippen LogP contribution is -2.43. The van der Waals surface area contributed by atoms with Crippen LogP contribution in [-0.4, -0.2) is 54.7 Å². The number of hydrogen-bond donors (Lipinski definition) is 2. The van der Waals surface area contributed by atoms with Crippen molar-refractivity contribution in [3.05, 3.63) is 91.4 Å². The summed E-state index contributed by atoms with van der Waals surface area (Å²) in [4.78, 5) is 26.2. The van der Waals surface area contributed by atoms with Gasteiger partial charge in [-0.3, -0.25) is 9.78 Å². The van der Waals surface area contributed by atoms with E-state index in [1.807, 2.05) is 19.1 Å². The Labute approximate surface area is 265 Å². The number of methoxy groups -OCH3 is 1. The molecule has 236 valence electrons. The molecule has 46 heavy (non-hydrogen) atoms. The van der Waals surface area contributed by atoms with Crippen LogP contribution in [0.1, 0.15) is 37.8 Å². The highest BCUT2D eigenvalue weighted by Crippen LogP contribution is 2.36. The third-order valence-corrected chi connectivity index (χ3v) is 8.25. The number of ether oxygens (including phenoxy) is 2. The van der Waals surface area contributed by atoms with Crippen LogP contribution in [0.25, 0.3) is 16.6 Å². The number of pyridine rings is 1. The van der Waals surface area contributed by atoms with Crippen molar-refractivity contribution in [2.24, 2.45) is 0 Å². The highest BCUT2D eigenvalue weighted by atomic mass is 19.1. The third-order valence-electron chi connectivity index (χ3n) is 8.25. The molecule has 0 aliphatic carbocycles. The molecule has 2 aliphatic heterocycles. The summed E-state index contributed by atoms with van der Waals surface area (Å²) in [6.45, 7) is 5.45. The van der Waals surface area contributed by atoms with Crippen LogP contribution in [0.15, 0.2) is 79.9 Å². The van der Waals surface area contributed by atoms with Gasteiger partial charge in [-0.15, -0.1) is 5.10 Å². The maximum Gasteiger partial charge on any atom is 0.246 e. The van der Waals surface area contributed by atoms with Gasteiger partial charge in [-0.1, -0.05) is 6.58 Å². The summed E-state index contributed by atoms with van der Waals surface area (Å²) in [7, 11) is 1.53. The van der Waals surface area contributed by atoms with Gasteiger partial charge in [0.05, 0.1) is 35.9 Å². The Morgan fingerprint density at radius 3 is 2.57 bits per heavy atom. The van der Waals surface area contributed by atoms with Crippen LogP contribution in [-0.2, 0) is 4.79 Å². The minimum atomic E-state index is -0.520. The number of fused-ring (bicyclic) bond motifs is 3. The average Bonchev–Trinajstić information content (AvgIpc) is 3.63. The van der Waals surface area contributed by atoms with Crippen molar-refractivity contribution in [1.29, 1.82) is 0 Å². The van der Waals surface area contributed by atoms with Gasteiger partial charge >= 0.3 is 0 Å². The van der Waals surface area contributed by atoms with E-state index in [9.17, 15) is 9.18 Å². The van der Waals surface area contributed by atoms with E-state index in [1.54, 1.807) is 47.4 Å². The fourth-order valence-corrected chi connectivity index (χ4v) is 5.97. The average molecular weight is 623 g/mol. The van der Waals surface area contributed by atoms with Crippen LogP contribution in [0.2, 0.25) is 0 Å². The Hall–Kier alpha value is -5.52.